The van der Waals surface area contributed by atoms with Crippen LogP contribution in [0.2, 0.25) is 0 Å². The fourth-order valence-corrected chi connectivity index (χ4v) is 2.65. The van der Waals surface area contributed by atoms with Gasteiger partial charge in [0.2, 0.25) is 0 Å². The van der Waals surface area contributed by atoms with E-state index in [1.165, 1.54) is 12.7 Å². The van der Waals surface area contributed by atoms with Crippen molar-refractivity contribution in [3.8, 4) is 23.0 Å². The van der Waals surface area contributed by atoms with E-state index in [-0.39, 0.29) is 11.5 Å². The lowest BCUT2D eigenvalue weighted by Crippen LogP contribution is -2.00. The fourth-order valence-electron chi connectivity index (χ4n) is 2.65. The summed E-state index contributed by atoms with van der Waals surface area (Å²) in [5, 5.41) is 19.9. The smallest absolute Gasteiger partial charge is 0.161 e. The Kier molecular flexibility index (Phi) is 7.35. The minimum Gasteiger partial charge on any atom is -0.508 e. The molecule has 0 aliphatic heterocycles. The number of allylic oxidation sites excluding steroid dienone is 2. The second-order valence-electron chi connectivity index (χ2n) is 6.61. The first-order valence-corrected chi connectivity index (χ1v) is 9.11. The molecule has 0 radical (unpaired) electrons. The summed E-state index contributed by atoms with van der Waals surface area (Å²) < 4.78 is 11.0. The molecule has 0 unspecified atom stereocenters. The molecule has 4 nitrogen and oxygen atoms in total. The van der Waals surface area contributed by atoms with Crippen LogP contribution in [0.4, 0.5) is 0 Å². The molecule has 0 bridgehead atoms. The van der Waals surface area contributed by atoms with Crippen molar-refractivity contribution in [2.75, 3.05) is 13.7 Å². The third-order valence-corrected chi connectivity index (χ3v) is 4.06. The summed E-state index contributed by atoms with van der Waals surface area (Å²) in [4.78, 5) is 0. The lowest BCUT2D eigenvalue weighted by molar-refractivity contribution is 0.312. The van der Waals surface area contributed by atoms with Gasteiger partial charge in [0.25, 0.3) is 0 Å². The van der Waals surface area contributed by atoms with Crippen molar-refractivity contribution < 1.29 is 19.7 Å². The molecule has 2 aromatic carbocycles. The molecule has 0 saturated carbocycles. The molecule has 4 heteroatoms. The molecule has 2 aromatic rings. The molecule has 2 N–H and O–H groups in total. The summed E-state index contributed by atoms with van der Waals surface area (Å²) in [7, 11) is 1.52. The topological polar surface area (TPSA) is 58.9 Å². The van der Waals surface area contributed by atoms with Gasteiger partial charge < -0.3 is 19.7 Å². The SMILES string of the molecule is CCCOc1cc(O)cc(C=Cc2ccc(O)c(OC)c2)c1CC=C(C)C. The van der Waals surface area contributed by atoms with E-state index in [2.05, 4.69) is 26.8 Å². The summed E-state index contributed by atoms with van der Waals surface area (Å²) >= 11 is 0. The zero-order chi connectivity index (χ0) is 19.8. The maximum Gasteiger partial charge on any atom is 0.161 e. The normalized spacial score (nSPS) is 10.8. The summed E-state index contributed by atoms with van der Waals surface area (Å²) in [5.41, 5.74) is 4.04. The fraction of sp³-hybridized carbons (Fsp3) is 0.304. The van der Waals surface area contributed by atoms with Gasteiger partial charge in [0.15, 0.2) is 11.5 Å². The molecule has 0 aromatic heterocycles. The van der Waals surface area contributed by atoms with Crippen molar-refractivity contribution in [3.63, 3.8) is 0 Å². The Hall–Kier alpha value is -2.88. The minimum atomic E-state index is 0.103. The molecule has 0 fully saturated rings. The molecular formula is C23H28O4. The average Bonchev–Trinajstić information content (AvgIpc) is 2.64. The Morgan fingerprint density at radius 3 is 2.48 bits per heavy atom. The highest BCUT2D eigenvalue weighted by atomic mass is 16.5. The van der Waals surface area contributed by atoms with Crippen LogP contribution >= 0.6 is 0 Å². The van der Waals surface area contributed by atoms with Crippen LogP contribution < -0.4 is 9.47 Å². The maximum absolute atomic E-state index is 10.1. The van der Waals surface area contributed by atoms with Gasteiger partial charge in [0, 0.05) is 11.6 Å². The molecule has 0 aliphatic carbocycles. The molecule has 2 rings (SSSR count). The molecular weight excluding hydrogens is 340 g/mol. The average molecular weight is 368 g/mol. The Morgan fingerprint density at radius 2 is 1.81 bits per heavy atom. The third-order valence-electron chi connectivity index (χ3n) is 4.06. The van der Waals surface area contributed by atoms with Crippen molar-refractivity contribution in [2.24, 2.45) is 0 Å². The lowest BCUT2D eigenvalue weighted by Gasteiger charge is -2.14. The van der Waals surface area contributed by atoms with Gasteiger partial charge in [0.1, 0.15) is 11.5 Å². The van der Waals surface area contributed by atoms with Gasteiger partial charge in [-0.25, -0.2) is 0 Å². The molecule has 0 saturated heterocycles. The molecule has 0 atom stereocenters. The second-order valence-corrected chi connectivity index (χ2v) is 6.61. The summed E-state index contributed by atoms with van der Waals surface area (Å²) in [6.45, 7) is 6.78. The Morgan fingerprint density at radius 1 is 1.04 bits per heavy atom. The molecule has 0 amide bonds. The van der Waals surface area contributed by atoms with Crippen LogP contribution in [0.3, 0.4) is 0 Å². The number of benzene rings is 2. The number of phenolic OH excluding ortho intramolecular Hbond substituents is 2. The van der Waals surface area contributed by atoms with E-state index < -0.39 is 0 Å². The van der Waals surface area contributed by atoms with E-state index >= 15 is 0 Å². The predicted octanol–water partition coefficient (Wildman–Crippen LogP) is 5.57. The molecule has 0 spiro atoms. The van der Waals surface area contributed by atoms with Gasteiger partial charge in [-0.15, -0.1) is 0 Å². The van der Waals surface area contributed by atoms with Crippen LogP contribution in [-0.2, 0) is 6.42 Å². The highest BCUT2D eigenvalue weighted by molar-refractivity contribution is 5.74. The first-order valence-electron chi connectivity index (χ1n) is 9.11. The van der Waals surface area contributed by atoms with E-state index in [4.69, 9.17) is 9.47 Å². The summed E-state index contributed by atoms with van der Waals surface area (Å²) in [5.74, 6) is 1.40. The van der Waals surface area contributed by atoms with Crippen LogP contribution in [-0.4, -0.2) is 23.9 Å². The van der Waals surface area contributed by atoms with Crippen LogP contribution in [0, 0.1) is 0 Å². The van der Waals surface area contributed by atoms with Crippen LogP contribution in [0.5, 0.6) is 23.0 Å². The van der Waals surface area contributed by atoms with E-state index in [9.17, 15) is 10.2 Å². The predicted molar refractivity (Wildman–Crippen MR) is 111 cm³/mol. The van der Waals surface area contributed by atoms with Crippen molar-refractivity contribution in [3.05, 3.63) is 58.7 Å². The van der Waals surface area contributed by atoms with E-state index in [0.29, 0.717) is 18.1 Å². The largest absolute Gasteiger partial charge is 0.508 e. The highest BCUT2D eigenvalue weighted by Crippen LogP contribution is 2.32. The number of methoxy groups -OCH3 is 1. The zero-order valence-corrected chi connectivity index (χ0v) is 16.5. The van der Waals surface area contributed by atoms with Crippen molar-refractivity contribution in [2.45, 2.75) is 33.6 Å². The van der Waals surface area contributed by atoms with E-state index in [1.54, 1.807) is 30.3 Å². The Labute approximate surface area is 161 Å². The lowest BCUT2D eigenvalue weighted by atomic mass is 10.00. The number of phenols is 2. The van der Waals surface area contributed by atoms with Gasteiger partial charge >= 0.3 is 0 Å². The minimum absolute atomic E-state index is 0.103. The standard InChI is InChI=1S/C23H28O4/c1-5-12-27-22-15-19(24)14-18(20(22)10-6-16(2)3)9-7-17-8-11-21(25)23(13-17)26-4/h6-9,11,13-15,24-25H,5,10,12H2,1-4H3. The zero-order valence-electron chi connectivity index (χ0n) is 16.5. The van der Waals surface area contributed by atoms with Crippen LogP contribution in [0.15, 0.2) is 42.0 Å². The van der Waals surface area contributed by atoms with Gasteiger partial charge in [-0.1, -0.05) is 36.8 Å². The first kappa shape index (κ1) is 20.4. The van der Waals surface area contributed by atoms with Crippen LogP contribution in [0.1, 0.15) is 43.9 Å². The highest BCUT2D eigenvalue weighted by Gasteiger charge is 2.10. The second kappa shape index (κ2) is 9.72. The van der Waals surface area contributed by atoms with Gasteiger partial charge in [-0.2, -0.15) is 0 Å². The van der Waals surface area contributed by atoms with E-state index in [1.807, 2.05) is 12.2 Å². The first-order chi connectivity index (χ1) is 12.9. The number of hydrogen-bond donors (Lipinski definition) is 2. The molecule has 144 valence electrons. The van der Waals surface area contributed by atoms with Crippen molar-refractivity contribution in [1.82, 2.24) is 0 Å². The number of ether oxygens (including phenoxy) is 2. The monoisotopic (exact) mass is 368 g/mol. The summed E-state index contributed by atoms with van der Waals surface area (Å²) in [6.07, 6.45) is 7.63. The van der Waals surface area contributed by atoms with Gasteiger partial charge in [0.05, 0.1) is 13.7 Å². The number of aromatic hydroxyl groups is 2. The maximum atomic E-state index is 10.1. The number of hydrogen-bond acceptors (Lipinski definition) is 4. The Balaban J connectivity index is 2.43. The molecule has 0 heterocycles. The quantitative estimate of drug-likeness (QED) is 0.472. The van der Waals surface area contributed by atoms with Gasteiger partial charge in [-0.3, -0.25) is 0 Å². The molecule has 27 heavy (non-hydrogen) atoms. The van der Waals surface area contributed by atoms with Crippen molar-refractivity contribution >= 4 is 12.2 Å². The Bertz CT molecular complexity index is 831. The molecule has 0 aliphatic rings. The summed E-state index contributed by atoms with van der Waals surface area (Å²) in [6, 6.07) is 8.58. The van der Waals surface area contributed by atoms with Crippen LogP contribution in [0.25, 0.3) is 12.2 Å². The number of rotatable bonds is 8. The van der Waals surface area contributed by atoms with Gasteiger partial charge in [-0.05, 0) is 56.0 Å². The van der Waals surface area contributed by atoms with E-state index in [0.717, 1.165) is 29.5 Å². The van der Waals surface area contributed by atoms with Crippen molar-refractivity contribution in [1.29, 1.82) is 0 Å². The third kappa shape index (κ3) is 5.81.